The molecule has 3 heterocycles. The number of aromatic nitrogens is 1. The van der Waals surface area contributed by atoms with Crippen molar-refractivity contribution in [3.63, 3.8) is 0 Å². The quantitative estimate of drug-likeness (QED) is 0.721. The molecule has 146 valence electrons. The van der Waals surface area contributed by atoms with Crippen LogP contribution in [0.2, 0.25) is 0 Å². The lowest BCUT2D eigenvalue weighted by atomic mass is 10.0. The van der Waals surface area contributed by atoms with Crippen LogP contribution in [0.3, 0.4) is 0 Å². The molecule has 0 aliphatic carbocycles. The average molecular weight is 372 g/mol. The Morgan fingerprint density at radius 2 is 2.11 bits per heavy atom. The van der Waals surface area contributed by atoms with Crippen LogP contribution in [0.25, 0.3) is 10.9 Å². The summed E-state index contributed by atoms with van der Waals surface area (Å²) in [6, 6.07) is 8.38. The van der Waals surface area contributed by atoms with Gasteiger partial charge in [0.05, 0.1) is 0 Å². The Balaban J connectivity index is 1.25. The number of fused-ring (bicyclic) bond motifs is 1. The highest BCUT2D eigenvalue weighted by Crippen LogP contribution is 2.26. The number of amides is 2. The van der Waals surface area contributed by atoms with Crippen LogP contribution in [-0.4, -0.2) is 77.4 Å². The molecular formula is C20H28N4O3. The smallest absolute Gasteiger partial charge is 0.317 e. The molecule has 2 aromatic rings. The fourth-order valence-electron chi connectivity index (χ4n) is 4.18. The second-order valence-electron chi connectivity index (χ2n) is 7.59. The minimum absolute atomic E-state index is 0.0658. The number of H-pyrrole nitrogens is 1. The van der Waals surface area contributed by atoms with Gasteiger partial charge in [0, 0.05) is 55.4 Å². The van der Waals surface area contributed by atoms with Gasteiger partial charge in [-0.2, -0.15) is 0 Å². The minimum Gasteiger partial charge on any atom is -0.490 e. The van der Waals surface area contributed by atoms with Crippen LogP contribution >= 0.6 is 0 Å². The predicted molar refractivity (Wildman–Crippen MR) is 104 cm³/mol. The van der Waals surface area contributed by atoms with E-state index in [1.807, 2.05) is 30.0 Å². The molecule has 2 aliphatic heterocycles. The summed E-state index contributed by atoms with van der Waals surface area (Å²) >= 11 is 0. The first-order chi connectivity index (χ1) is 13.1. The van der Waals surface area contributed by atoms with Crippen LogP contribution in [0.15, 0.2) is 24.3 Å². The highest BCUT2D eigenvalue weighted by Gasteiger charge is 2.31. The number of carbonyl (C=O) groups is 1. The number of urea groups is 1. The predicted octanol–water partition coefficient (Wildman–Crippen LogP) is 1.71. The van der Waals surface area contributed by atoms with E-state index >= 15 is 0 Å². The number of hydrogen-bond acceptors (Lipinski definition) is 4. The van der Waals surface area contributed by atoms with E-state index in [2.05, 4.69) is 21.3 Å². The van der Waals surface area contributed by atoms with Gasteiger partial charge in [0.15, 0.2) is 0 Å². The third-order valence-electron chi connectivity index (χ3n) is 5.55. The van der Waals surface area contributed by atoms with Gasteiger partial charge in [-0.1, -0.05) is 6.07 Å². The zero-order valence-electron chi connectivity index (χ0n) is 15.8. The molecule has 1 aromatic carbocycles. The maximum Gasteiger partial charge on any atom is 0.317 e. The molecule has 2 saturated heterocycles. The number of piperidine rings is 1. The van der Waals surface area contributed by atoms with Crippen molar-refractivity contribution in [3.05, 3.63) is 30.0 Å². The molecule has 3 N–H and O–H groups in total. The second kappa shape index (κ2) is 7.78. The highest BCUT2D eigenvalue weighted by molar-refractivity contribution is 5.86. The van der Waals surface area contributed by atoms with Crippen molar-refractivity contribution in [3.8, 4) is 5.75 Å². The Kier molecular flexibility index (Phi) is 5.22. The van der Waals surface area contributed by atoms with E-state index in [0.717, 1.165) is 61.4 Å². The van der Waals surface area contributed by atoms with Gasteiger partial charge in [0.2, 0.25) is 0 Å². The molecule has 2 amide bonds. The van der Waals surface area contributed by atoms with Crippen molar-refractivity contribution in [2.45, 2.75) is 31.9 Å². The van der Waals surface area contributed by atoms with Crippen molar-refractivity contribution in [2.24, 2.45) is 0 Å². The van der Waals surface area contributed by atoms with E-state index < -0.39 is 6.10 Å². The van der Waals surface area contributed by atoms with E-state index in [1.54, 1.807) is 0 Å². The number of nitrogens with zero attached hydrogens (tertiary/aromatic N) is 2. The molecule has 0 bridgehead atoms. The molecule has 0 saturated carbocycles. The standard InChI is InChI=1S/C20H28N4O3/c1-14-11-17-18(22-14)3-2-4-19(17)27-13-16(25)12-23-8-5-15(6-9-23)24-10-7-21-20(24)26/h2-4,11,15-16,22,25H,5-10,12-13H2,1H3,(H,21,26). The topological polar surface area (TPSA) is 80.8 Å². The fraction of sp³-hybridized carbons (Fsp3) is 0.550. The summed E-state index contributed by atoms with van der Waals surface area (Å²) in [5, 5.41) is 14.3. The Labute approximate surface area is 159 Å². The number of β-amino-alcohol motifs (C(OH)–C–C–N with tert-alkyl or cyclic N) is 1. The van der Waals surface area contributed by atoms with Crippen molar-refractivity contribution >= 4 is 16.9 Å². The number of aromatic amines is 1. The number of aliphatic hydroxyl groups excluding tert-OH is 1. The Bertz CT molecular complexity index is 798. The minimum atomic E-state index is -0.535. The van der Waals surface area contributed by atoms with Crippen LogP contribution in [0.4, 0.5) is 4.79 Å². The Hall–Kier alpha value is -2.25. The van der Waals surface area contributed by atoms with Gasteiger partial charge in [-0.3, -0.25) is 0 Å². The summed E-state index contributed by atoms with van der Waals surface area (Å²) in [5.74, 6) is 0.801. The molecule has 7 nitrogen and oxygen atoms in total. The third-order valence-corrected chi connectivity index (χ3v) is 5.55. The lowest BCUT2D eigenvalue weighted by Gasteiger charge is -2.36. The van der Waals surface area contributed by atoms with Crippen molar-refractivity contribution in [1.29, 1.82) is 0 Å². The van der Waals surface area contributed by atoms with Crippen LogP contribution in [-0.2, 0) is 0 Å². The normalized spacial score (nSPS) is 20.2. The van der Waals surface area contributed by atoms with E-state index in [4.69, 9.17) is 4.74 Å². The molecule has 1 aromatic heterocycles. The maximum absolute atomic E-state index is 11.8. The van der Waals surface area contributed by atoms with Gasteiger partial charge >= 0.3 is 6.03 Å². The number of benzene rings is 1. The van der Waals surface area contributed by atoms with Crippen LogP contribution in [0.5, 0.6) is 5.75 Å². The molecular weight excluding hydrogens is 344 g/mol. The number of aryl methyl sites for hydroxylation is 1. The fourth-order valence-corrected chi connectivity index (χ4v) is 4.18. The summed E-state index contributed by atoms with van der Waals surface area (Å²) in [6.07, 6.45) is 1.39. The van der Waals surface area contributed by atoms with E-state index in [-0.39, 0.29) is 12.6 Å². The van der Waals surface area contributed by atoms with Gasteiger partial charge < -0.3 is 29.9 Å². The van der Waals surface area contributed by atoms with Gasteiger partial charge in [0.1, 0.15) is 18.5 Å². The summed E-state index contributed by atoms with van der Waals surface area (Å²) in [7, 11) is 0. The van der Waals surface area contributed by atoms with E-state index in [0.29, 0.717) is 12.6 Å². The lowest BCUT2D eigenvalue weighted by Crippen LogP contribution is -2.48. The van der Waals surface area contributed by atoms with Crippen molar-refractivity contribution < 1.29 is 14.6 Å². The molecule has 2 aliphatic rings. The number of hydrogen-bond donors (Lipinski definition) is 3. The van der Waals surface area contributed by atoms with Crippen molar-refractivity contribution in [2.75, 3.05) is 39.3 Å². The largest absolute Gasteiger partial charge is 0.490 e. The van der Waals surface area contributed by atoms with Gasteiger partial charge in [-0.25, -0.2) is 4.79 Å². The molecule has 0 spiro atoms. The van der Waals surface area contributed by atoms with Gasteiger partial charge in [-0.15, -0.1) is 0 Å². The lowest BCUT2D eigenvalue weighted by molar-refractivity contribution is 0.0512. The summed E-state index contributed by atoms with van der Waals surface area (Å²) in [6.45, 7) is 6.26. The monoisotopic (exact) mass is 372 g/mol. The number of ether oxygens (including phenoxy) is 1. The second-order valence-corrected chi connectivity index (χ2v) is 7.59. The first-order valence-corrected chi connectivity index (χ1v) is 9.76. The maximum atomic E-state index is 11.8. The molecule has 27 heavy (non-hydrogen) atoms. The first-order valence-electron chi connectivity index (χ1n) is 9.76. The van der Waals surface area contributed by atoms with E-state index in [1.165, 1.54) is 0 Å². The summed E-state index contributed by atoms with van der Waals surface area (Å²) in [5.41, 5.74) is 2.14. The van der Waals surface area contributed by atoms with E-state index in [9.17, 15) is 9.90 Å². The third kappa shape index (κ3) is 4.04. The zero-order chi connectivity index (χ0) is 18.8. The number of carbonyl (C=O) groups excluding carboxylic acids is 1. The molecule has 2 fully saturated rings. The SMILES string of the molecule is Cc1cc2c(OCC(O)CN3CCC(N4CCNC4=O)CC3)cccc2[nH]1. The average Bonchev–Trinajstić information content (AvgIpc) is 3.25. The number of nitrogens with one attached hydrogen (secondary N) is 2. The first kappa shape index (κ1) is 18.1. The van der Waals surface area contributed by atoms with Crippen molar-refractivity contribution in [1.82, 2.24) is 20.1 Å². The molecule has 4 rings (SSSR count). The Morgan fingerprint density at radius 1 is 1.30 bits per heavy atom. The van der Waals surface area contributed by atoms with Gasteiger partial charge in [-0.05, 0) is 38.0 Å². The highest BCUT2D eigenvalue weighted by atomic mass is 16.5. The molecule has 0 radical (unpaired) electrons. The van der Waals surface area contributed by atoms with Gasteiger partial charge in [0.25, 0.3) is 0 Å². The molecule has 7 heteroatoms. The van der Waals surface area contributed by atoms with Crippen LogP contribution in [0.1, 0.15) is 18.5 Å². The zero-order valence-corrected chi connectivity index (χ0v) is 15.8. The van der Waals surface area contributed by atoms with Crippen LogP contribution in [0, 0.1) is 6.92 Å². The number of rotatable bonds is 6. The summed E-state index contributed by atoms with van der Waals surface area (Å²) in [4.78, 5) is 19.3. The summed E-state index contributed by atoms with van der Waals surface area (Å²) < 4.78 is 5.89. The Morgan fingerprint density at radius 3 is 2.85 bits per heavy atom. The molecule has 1 atom stereocenters. The number of aliphatic hydroxyl groups is 1. The number of likely N-dealkylation sites (tertiary alicyclic amines) is 1. The molecule has 1 unspecified atom stereocenters. The van der Waals surface area contributed by atoms with Crippen LogP contribution < -0.4 is 10.1 Å².